The summed E-state index contributed by atoms with van der Waals surface area (Å²) in [6, 6.07) is 21.7. The molecule has 6 N–H and O–H groups in total. The van der Waals surface area contributed by atoms with Crippen molar-refractivity contribution in [3.63, 3.8) is 0 Å². The Balaban J connectivity index is 1.49. The molecule has 1 amide bonds. The SMILES string of the molecule is CCOC(=O)C(N)(CS(=O)(=O)c1cccc2cccnc12)c1ccc2c(C(=O)NCc3ccc(C(=N)N)s3)cccc2c1. The molecule has 0 radical (unpaired) electrons. The van der Waals surface area contributed by atoms with E-state index in [1.165, 1.54) is 23.6 Å². The number of carbonyl (C=O) groups excluding carboxylic acids is 2. The smallest absolute Gasteiger partial charge is 0.331 e. The number of rotatable bonds is 10. The number of sulfone groups is 1. The maximum Gasteiger partial charge on any atom is 0.331 e. The van der Waals surface area contributed by atoms with Crippen LogP contribution in [0.5, 0.6) is 0 Å². The van der Waals surface area contributed by atoms with Crippen molar-refractivity contribution in [3.05, 3.63) is 106 Å². The molecule has 0 aliphatic rings. The number of nitrogens with two attached hydrogens (primary N) is 2. The van der Waals surface area contributed by atoms with Crippen molar-refractivity contribution in [2.75, 3.05) is 12.4 Å². The van der Waals surface area contributed by atoms with Gasteiger partial charge in [0.2, 0.25) is 0 Å². The lowest BCUT2D eigenvalue weighted by atomic mass is 9.90. The number of nitrogen functional groups attached to an aromatic ring is 1. The third-order valence-electron chi connectivity index (χ3n) is 6.98. The van der Waals surface area contributed by atoms with E-state index in [1.54, 1.807) is 79.7 Å². The van der Waals surface area contributed by atoms with Crippen LogP contribution in [0.2, 0.25) is 0 Å². The number of esters is 1. The van der Waals surface area contributed by atoms with Crippen LogP contribution in [0.3, 0.4) is 0 Å². The number of fused-ring (bicyclic) bond motifs is 2. The number of amidine groups is 1. The number of pyridine rings is 1. The zero-order valence-corrected chi connectivity index (χ0v) is 24.8. The van der Waals surface area contributed by atoms with E-state index in [0.29, 0.717) is 26.6 Å². The minimum Gasteiger partial charge on any atom is -0.464 e. The minimum absolute atomic E-state index is 0.00368. The largest absolute Gasteiger partial charge is 0.464 e. The Morgan fingerprint density at radius 3 is 2.51 bits per heavy atom. The zero-order valence-electron chi connectivity index (χ0n) is 23.2. The summed E-state index contributed by atoms with van der Waals surface area (Å²) < 4.78 is 32.8. The van der Waals surface area contributed by atoms with E-state index in [-0.39, 0.29) is 40.9 Å². The highest BCUT2D eigenvalue weighted by atomic mass is 32.2. The van der Waals surface area contributed by atoms with Gasteiger partial charge in [0.05, 0.1) is 34.2 Å². The monoisotopic (exact) mass is 615 g/mol. The number of thiophene rings is 1. The van der Waals surface area contributed by atoms with E-state index in [0.717, 1.165) is 4.88 Å². The first kappa shape index (κ1) is 29.8. The summed E-state index contributed by atoms with van der Waals surface area (Å²) in [6.45, 7) is 1.87. The number of nitrogens with zero attached hydrogens (tertiary/aromatic N) is 1. The fourth-order valence-electron chi connectivity index (χ4n) is 4.86. The molecule has 10 nitrogen and oxygen atoms in total. The molecule has 0 saturated carbocycles. The van der Waals surface area contributed by atoms with Crippen LogP contribution in [-0.4, -0.2) is 43.5 Å². The number of carbonyl (C=O) groups is 2. The molecule has 220 valence electrons. The van der Waals surface area contributed by atoms with Gasteiger partial charge in [0.25, 0.3) is 5.91 Å². The number of aromatic nitrogens is 1. The Bertz CT molecular complexity index is 1980. The Morgan fingerprint density at radius 1 is 1.02 bits per heavy atom. The maximum absolute atomic E-state index is 13.8. The summed E-state index contributed by atoms with van der Waals surface area (Å²) in [5.41, 5.74) is 11.0. The van der Waals surface area contributed by atoms with Crippen molar-refractivity contribution in [2.45, 2.75) is 23.9 Å². The van der Waals surface area contributed by atoms with Gasteiger partial charge >= 0.3 is 5.97 Å². The molecule has 12 heteroatoms. The van der Waals surface area contributed by atoms with Crippen LogP contribution in [0.1, 0.15) is 32.6 Å². The third kappa shape index (κ3) is 5.98. The molecule has 2 aromatic heterocycles. The second-order valence-electron chi connectivity index (χ2n) is 9.89. The summed E-state index contributed by atoms with van der Waals surface area (Å²) in [6.07, 6.45) is 1.50. The molecular formula is C31H29N5O5S2. The van der Waals surface area contributed by atoms with Crippen LogP contribution < -0.4 is 16.8 Å². The van der Waals surface area contributed by atoms with Gasteiger partial charge in [-0.1, -0.05) is 42.5 Å². The minimum atomic E-state index is -4.14. The highest BCUT2D eigenvalue weighted by Gasteiger charge is 2.43. The molecule has 2 heterocycles. The molecule has 0 aliphatic heterocycles. The molecular weight excluding hydrogens is 587 g/mol. The van der Waals surface area contributed by atoms with Gasteiger partial charge in [-0.2, -0.15) is 0 Å². The van der Waals surface area contributed by atoms with Crippen molar-refractivity contribution in [2.24, 2.45) is 11.5 Å². The molecule has 0 fully saturated rings. The zero-order chi connectivity index (χ0) is 30.8. The van der Waals surface area contributed by atoms with E-state index in [4.69, 9.17) is 21.6 Å². The average Bonchev–Trinajstić information content (AvgIpc) is 3.48. The number of nitrogens with one attached hydrogen (secondary N) is 2. The van der Waals surface area contributed by atoms with E-state index < -0.39 is 27.1 Å². The van der Waals surface area contributed by atoms with Crippen LogP contribution in [0.4, 0.5) is 0 Å². The molecule has 43 heavy (non-hydrogen) atoms. The predicted octanol–water partition coefficient (Wildman–Crippen LogP) is 3.85. The first-order valence-corrected chi connectivity index (χ1v) is 15.8. The fraction of sp³-hybridized carbons (Fsp3) is 0.161. The van der Waals surface area contributed by atoms with Gasteiger partial charge in [-0.3, -0.25) is 15.2 Å². The first-order chi connectivity index (χ1) is 20.5. The van der Waals surface area contributed by atoms with Crippen molar-refractivity contribution >= 4 is 60.6 Å². The Morgan fingerprint density at radius 2 is 1.77 bits per heavy atom. The first-order valence-electron chi connectivity index (χ1n) is 13.3. The van der Waals surface area contributed by atoms with E-state index in [1.807, 2.05) is 0 Å². The summed E-state index contributed by atoms with van der Waals surface area (Å²) >= 11 is 1.32. The summed E-state index contributed by atoms with van der Waals surface area (Å²) in [5, 5.41) is 12.2. The lowest BCUT2D eigenvalue weighted by Crippen LogP contribution is -2.51. The highest BCUT2D eigenvalue weighted by molar-refractivity contribution is 7.91. The Kier molecular flexibility index (Phi) is 8.27. The number of ether oxygens (including phenoxy) is 1. The molecule has 1 unspecified atom stereocenters. The van der Waals surface area contributed by atoms with Crippen molar-refractivity contribution in [1.29, 1.82) is 5.41 Å². The standard InChI is InChI=1S/C31H29N5O5S2/c1-2-41-30(38)31(34,18-43(39,40)26-10-4-6-19-8-5-15-35-27(19)26)21-11-13-23-20(16-21)7-3-9-24(23)29(37)36-17-22-12-14-25(42-22)28(32)33/h3-16H,2,17-18,34H2,1H3,(H3,32,33)(H,36,37). The third-order valence-corrected chi connectivity index (χ3v) is 9.93. The average molecular weight is 616 g/mol. The van der Waals surface area contributed by atoms with E-state index in [2.05, 4.69) is 10.3 Å². The summed E-state index contributed by atoms with van der Waals surface area (Å²) in [5.74, 6) is -2.01. The number of benzene rings is 3. The van der Waals surface area contributed by atoms with Crippen LogP contribution in [0, 0.1) is 5.41 Å². The fourth-order valence-corrected chi connectivity index (χ4v) is 7.46. The number of hydrogen-bond acceptors (Lipinski definition) is 9. The molecule has 3 aromatic carbocycles. The highest BCUT2D eigenvalue weighted by Crippen LogP contribution is 2.31. The number of para-hydroxylation sites is 1. The summed E-state index contributed by atoms with van der Waals surface area (Å²) in [4.78, 5) is 32.1. The normalized spacial score (nSPS) is 13.0. The van der Waals surface area contributed by atoms with E-state index >= 15 is 0 Å². The van der Waals surface area contributed by atoms with Gasteiger partial charge in [0.15, 0.2) is 15.4 Å². The Labute approximate surface area is 252 Å². The molecule has 5 rings (SSSR count). The van der Waals surface area contributed by atoms with Crippen LogP contribution in [0.15, 0.2) is 90.0 Å². The molecule has 5 aromatic rings. The number of amides is 1. The van der Waals surface area contributed by atoms with Crippen molar-refractivity contribution < 1.29 is 22.7 Å². The van der Waals surface area contributed by atoms with Gasteiger partial charge in [-0.05, 0) is 59.7 Å². The van der Waals surface area contributed by atoms with Gasteiger partial charge in [0, 0.05) is 22.0 Å². The van der Waals surface area contributed by atoms with Crippen molar-refractivity contribution in [3.8, 4) is 0 Å². The quantitative estimate of drug-likeness (QED) is 0.104. The molecule has 0 aliphatic carbocycles. The van der Waals surface area contributed by atoms with E-state index in [9.17, 15) is 18.0 Å². The van der Waals surface area contributed by atoms with Gasteiger partial charge < -0.3 is 21.5 Å². The van der Waals surface area contributed by atoms with Gasteiger partial charge in [-0.25, -0.2) is 13.2 Å². The van der Waals surface area contributed by atoms with Crippen LogP contribution >= 0.6 is 11.3 Å². The van der Waals surface area contributed by atoms with Gasteiger partial charge in [-0.15, -0.1) is 11.3 Å². The maximum atomic E-state index is 13.8. The summed E-state index contributed by atoms with van der Waals surface area (Å²) in [7, 11) is -4.14. The molecule has 0 saturated heterocycles. The lowest BCUT2D eigenvalue weighted by molar-refractivity contribution is -0.149. The van der Waals surface area contributed by atoms with Crippen LogP contribution in [-0.2, 0) is 31.5 Å². The van der Waals surface area contributed by atoms with Crippen LogP contribution in [0.25, 0.3) is 21.7 Å². The Hall–Kier alpha value is -4.65. The topological polar surface area (TPSA) is 178 Å². The predicted molar refractivity (Wildman–Crippen MR) is 167 cm³/mol. The second-order valence-corrected chi connectivity index (χ2v) is 13.0. The van der Waals surface area contributed by atoms with Gasteiger partial charge in [0.1, 0.15) is 5.84 Å². The van der Waals surface area contributed by atoms with Crippen molar-refractivity contribution in [1.82, 2.24) is 10.3 Å². The lowest BCUT2D eigenvalue weighted by Gasteiger charge is -2.28. The number of hydrogen-bond donors (Lipinski definition) is 4. The molecule has 1 atom stereocenters. The molecule has 0 bridgehead atoms. The second kappa shape index (κ2) is 11.9. The molecule has 0 spiro atoms.